The lowest BCUT2D eigenvalue weighted by Crippen LogP contribution is -2.42. The molecular formula is C14H24N4. The standard InChI is InChI=1S/C14H24N4/c1-16-13-10-11(15)4-5-14(13)18-8-6-12(7-9-18)17(2)3/h4-5,10,12,16H,6-9,15H2,1-3H3. The Bertz CT molecular complexity index is 395. The number of piperidine rings is 1. The Balaban J connectivity index is 2.09. The number of anilines is 3. The minimum absolute atomic E-state index is 0.716. The quantitative estimate of drug-likeness (QED) is 0.801. The molecule has 0 saturated carbocycles. The van der Waals surface area contributed by atoms with Crippen molar-refractivity contribution in [3.63, 3.8) is 0 Å². The predicted molar refractivity (Wildman–Crippen MR) is 79.3 cm³/mol. The molecule has 0 amide bonds. The summed E-state index contributed by atoms with van der Waals surface area (Å²) in [5.74, 6) is 0. The van der Waals surface area contributed by atoms with Crippen LogP contribution in [0.2, 0.25) is 0 Å². The van der Waals surface area contributed by atoms with Crippen LogP contribution >= 0.6 is 0 Å². The summed E-state index contributed by atoms with van der Waals surface area (Å²) in [7, 11) is 6.29. The van der Waals surface area contributed by atoms with Crippen molar-refractivity contribution in [2.24, 2.45) is 0 Å². The normalized spacial score (nSPS) is 17.2. The largest absolute Gasteiger partial charge is 0.399 e. The molecule has 0 bridgehead atoms. The predicted octanol–water partition coefficient (Wildman–Crippen LogP) is 1.84. The van der Waals surface area contributed by atoms with Crippen LogP contribution < -0.4 is 16.0 Å². The summed E-state index contributed by atoms with van der Waals surface area (Å²) in [6.07, 6.45) is 2.45. The van der Waals surface area contributed by atoms with Crippen LogP contribution in [-0.4, -0.2) is 45.2 Å². The van der Waals surface area contributed by atoms with E-state index in [1.54, 1.807) is 0 Å². The second-order valence-corrected chi connectivity index (χ2v) is 5.21. The molecular weight excluding hydrogens is 224 g/mol. The summed E-state index contributed by atoms with van der Waals surface area (Å²) < 4.78 is 0. The summed E-state index contributed by atoms with van der Waals surface area (Å²) in [4.78, 5) is 4.78. The molecule has 1 heterocycles. The van der Waals surface area contributed by atoms with Crippen molar-refractivity contribution in [1.82, 2.24) is 4.90 Å². The molecule has 0 unspecified atom stereocenters. The summed E-state index contributed by atoms with van der Waals surface area (Å²) in [6.45, 7) is 2.23. The lowest BCUT2D eigenvalue weighted by molar-refractivity contribution is 0.250. The minimum atomic E-state index is 0.716. The second-order valence-electron chi connectivity index (χ2n) is 5.21. The van der Waals surface area contributed by atoms with E-state index in [9.17, 15) is 0 Å². The van der Waals surface area contributed by atoms with Gasteiger partial charge in [0, 0.05) is 31.9 Å². The zero-order valence-electron chi connectivity index (χ0n) is 11.6. The van der Waals surface area contributed by atoms with E-state index < -0.39 is 0 Å². The van der Waals surface area contributed by atoms with E-state index in [4.69, 9.17) is 5.73 Å². The van der Waals surface area contributed by atoms with E-state index in [1.807, 2.05) is 19.2 Å². The highest BCUT2D eigenvalue weighted by Gasteiger charge is 2.21. The first-order valence-corrected chi connectivity index (χ1v) is 6.60. The van der Waals surface area contributed by atoms with Gasteiger partial charge in [-0.3, -0.25) is 0 Å². The molecule has 1 fully saturated rings. The molecule has 0 aliphatic carbocycles. The van der Waals surface area contributed by atoms with Gasteiger partial charge >= 0.3 is 0 Å². The van der Waals surface area contributed by atoms with Crippen molar-refractivity contribution in [2.45, 2.75) is 18.9 Å². The van der Waals surface area contributed by atoms with E-state index in [1.165, 1.54) is 18.5 Å². The summed E-state index contributed by atoms with van der Waals surface area (Å²) in [5.41, 5.74) is 9.03. The van der Waals surface area contributed by atoms with E-state index in [0.717, 1.165) is 24.5 Å². The number of rotatable bonds is 3. The molecule has 4 heteroatoms. The fourth-order valence-electron chi connectivity index (χ4n) is 2.65. The SMILES string of the molecule is CNc1cc(N)ccc1N1CCC(N(C)C)CC1. The Kier molecular flexibility index (Phi) is 3.97. The van der Waals surface area contributed by atoms with E-state index >= 15 is 0 Å². The number of hydrogen-bond acceptors (Lipinski definition) is 4. The van der Waals surface area contributed by atoms with Gasteiger partial charge in [-0.05, 0) is 45.1 Å². The van der Waals surface area contributed by atoms with Gasteiger partial charge in [-0.1, -0.05) is 0 Å². The smallest absolute Gasteiger partial charge is 0.0603 e. The average Bonchev–Trinajstić information content (AvgIpc) is 2.38. The first-order chi connectivity index (χ1) is 8.61. The Morgan fingerprint density at radius 3 is 2.50 bits per heavy atom. The molecule has 0 radical (unpaired) electrons. The molecule has 100 valence electrons. The van der Waals surface area contributed by atoms with Crippen molar-refractivity contribution in [3.05, 3.63) is 18.2 Å². The molecule has 0 spiro atoms. The molecule has 1 aliphatic rings. The van der Waals surface area contributed by atoms with Gasteiger partial charge in [0.05, 0.1) is 11.4 Å². The number of benzene rings is 1. The second kappa shape index (κ2) is 5.48. The number of nitrogens with zero attached hydrogens (tertiary/aromatic N) is 2. The third-order valence-electron chi connectivity index (χ3n) is 3.83. The van der Waals surface area contributed by atoms with Gasteiger partial charge in [0.15, 0.2) is 0 Å². The van der Waals surface area contributed by atoms with Gasteiger partial charge in [0.2, 0.25) is 0 Å². The summed E-state index contributed by atoms with van der Waals surface area (Å²) >= 11 is 0. The number of nitrogens with two attached hydrogens (primary N) is 1. The minimum Gasteiger partial charge on any atom is -0.399 e. The Labute approximate surface area is 110 Å². The van der Waals surface area contributed by atoms with Crippen molar-refractivity contribution >= 4 is 17.1 Å². The van der Waals surface area contributed by atoms with Crippen molar-refractivity contribution in [2.75, 3.05) is 50.2 Å². The van der Waals surface area contributed by atoms with Crippen LogP contribution in [0.1, 0.15) is 12.8 Å². The fourth-order valence-corrected chi connectivity index (χ4v) is 2.65. The van der Waals surface area contributed by atoms with Gasteiger partial charge in [-0.15, -0.1) is 0 Å². The third kappa shape index (κ3) is 2.70. The average molecular weight is 248 g/mol. The van der Waals surface area contributed by atoms with Crippen molar-refractivity contribution in [3.8, 4) is 0 Å². The molecule has 1 aliphatic heterocycles. The highest BCUT2D eigenvalue weighted by molar-refractivity contribution is 5.74. The van der Waals surface area contributed by atoms with Gasteiger partial charge in [0.1, 0.15) is 0 Å². The molecule has 1 aromatic carbocycles. The highest BCUT2D eigenvalue weighted by Crippen LogP contribution is 2.30. The van der Waals surface area contributed by atoms with Crippen LogP contribution in [0.25, 0.3) is 0 Å². The topological polar surface area (TPSA) is 44.5 Å². The monoisotopic (exact) mass is 248 g/mol. The molecule has 1 saturated heterocycles. The number of hydrogen-bond donors (Lipinski definition) is 2. The maximum absolute atomic E-state index is 5.83. The summed E-state index contributed by atoms with van der Waals surface area (Å²) in [5, 5.41) is 3.24. The van der Waals surface area contributed by atoms with Crippen LogP contribution in [0.4, 0.5) is 17.1 Å². The Morgan fingerprint density at radius 2 is 1.94 bits per heavy atom. The number of nitrogens with one attached hydrogen (secondary N) is 1. The number of nitrogen functional groups attached to an aromatic ring is 1. The molecule has 3 N–H and O–H groups in total. The maximum atomic E-state index is 5.83. The molecule has 0 aromatic heterocycles. The van der Waals surface area contributed by atoms with Gasteiger partial charge in [0.25, 0.3) is 0 Å². The van der Waals surface area contributed by atoms with Crippen molar-refractivity contribution in [1.29, 1.82) is 0 Å². The third-order valence-corrected chi connectivity index (χ3v) is 3.83. The molecule has 2 rings (SSSR count). The van der Waals surface area contributed by atoms with E-state index in [2.05, 4.69) is 35.3 Å². The van der Waals surface area contributed by atoms with Crippen LogP contribution in [-0.2, 0) is 0 Å². The van der Waals surface area contributed by atoms with E-state index in [0.29, 0.717) is 6.04 Å². The van der Waals surface area contributed by atoms with Crippen LogP contribution in [0, 0.1) is 0 Å². The highest BCUT2D eigenvalue weighted by atomic mass is 15.2. The first kappa shape index (κ1) is 13.0. The van der Waals surface area contributed by atoms with Crippen LogP contribution in [0.15, 0.2) is 18.2 Å². The zero-order valence-corrected chi connectivity index (χ0v) is 11.6. The lowest BCUT2D eigenvalue weighted by Gasteiger charge is -2.37. The Hall–Kier alpha value is -1.42. The van der Waals surface area contributed by atoms with Crippen LogP contribution in [0.3, 0.4) is 0 Å². The summed E-state index contributed by atoms with van der Waals surface area (Å²) in [6, 6.07) is 6.83. The van der Waals surface area contributed by atoms with Gasteiger partial charge in [-0.25, -0.2) is 0 Å². The molecule has 0 atom stereocenters. The Morgan fingerprint density at radius 1 is 1.28 bits per heavy atom. The van der Waals surface area contributed by atoms with Crippen LogP contribution in [0.5, 0.6) is 0 Å². The molecule has 1 aromatic rings. The molecule has 18 heavy (non-hydrogen) atoms. The lowest BCUT2D eigenvalue weighted by atomic mass is 10.0. The zero-order chi connectivity index (χ0) is 13.1. The van der Waals surface area contributed by atoms with E-state index in [-0.39, 0.29) is 0 Å². The van der Waals surface area contributed by atoms with Gasteiger partial charge in [-0.2, -0.15) is 0 Å². The molecule has 4 nitrogen and oxygen atoms in total. The first-order valence-electron chi connectivity index (χ1n) is 6.60. The van der Waals surface area contributed by atoms with Gasteiger partial charge < -0.3 is 20.9 Å². The van der Waals surface area contributed by atoms with Crippen molar-refractivity contribution < 1.29 is 0 Å². The maximum Gasteiger partial charge on any atom is 0.0603 e. The fraction of sp³-hybridized carbons (Fsp3) is 0.571.